The minimum absolute atomic E-state index is 0.184. The minimum atomic E-state index is 0.184. The fourth-order valence-corrected chi connectivity index (χ4v) is 1.91. The zero-order valence-corrected chi connectivity index (χ0v) is 9.84. The summed E-state index contributed by atoms with van der Waals surface area (Å²) in [5, 5.41) is 17.9. The standard InChI is InChI=1S/C13H21NO2/c1-14(9-5-10-15)13(8-11-16)12-6-3-2-4-7-12/h2-4,6-7,13,15-16H,5,8-11H2,1H3/t13-/m0/s1. The summed E-state index contributed by atoms with van der Waals surface area (Å²) in [4.78, 5) is 2.18. The summed E-state index contributed by atoms with van der Waals surface area (Å²) in [6.07, 6.45) is 1.50. The molecule has 0 aromatic heterocycles. The molecule has 0 heterocycles. The van der Waals surface area contributed by atoms with Crippen molar-refractivity contribution in [3.05, 3.63) is 35.9 Å². The molecular weight excluding hydrogens is 202 g/mol. The molecule has 90 valence electrons. The van der Waals surface area contributed by atoms with Crippen molar-refractivity contribution in [1.29, 1.82) is 0 Å². The van der Waals surface area contributed by atoms with Crippen LogP contribution in [0.25, 0.3) is 0 Å². The highest BCUT2D eigenvalue weighted by molar-refractivity contribution is 5.18. The van der Waals surface area contributed by atoms with E-state index in [0.717, 1.165) is 19.4 Å². The number of aliphatic hydroxyl groups is 2. The van der Waals surface area contributed by atoms with Gasteiger partial charge in [-0.1, -0.05) is 30.3 Å². The summed E-state index contributed by atoms with van der Waals surface area (Å²) in [5.74, 6) is 0. The third kappa shape index (κ3) is 3.93. The lowest BCUT2D eigenvalue weighted by Crippen LogP contribution is -2.27. The van der Waals surface area contributed by atoms with Gasteiger partial charge in [-0.15, -0.1) is 0 Å². The zero-order chi connectivity index (χ0) is 11.8. The van der Waals surface area contributed by atoms with E-state index in [0.29, 0.717) is 0 Å². The van der Waals surface area contributed by atoms with Gasteiger partial charge in [0.2, 0.25) is 0 Å². The number of hydrogen-bond acceptors (Lipinski definition) is 3. The van der Waals surface area contributed by atoms with Crippen molar-refractivity contribution in [1.82, 2.24) is 4.90 Å². The molecule has 0 aliphatic heterocycles. The Bertz CT molecular complexity index is 277. The highest BCUT2D eigenvalue weighted by atomic mass is 16.3. The molecule has 0 radical (unpaired) electrons. The molecule has 2 N–H and O–H groups in total. The van der Waals surface area contributed by atoms with Crippen LogP contribution in [-0.4, -0.2) is 41.9 Å². The smallest absolute Gasteiger partial charge is 0.0449 e. The molecule has 1 aromatic carbocycles. The van der Waals surface area contributed by atoms with Crippen LogP contribution in [0.2, 0.25) is 0 Å². The summed E-state index contributed by atoms with van der Waals surface area (Å²) < 4.78 is 0. The Morgan fingerprint density at radius 2 is 1.81 bits per heavy atom. The highest BCUT2D eigenvalue weighted by Crippen LogP contribution is 2.22. The number of benzene rings is 1. The van der Waals surface area contributed by atoms with Crippen molar-refractivity contribution in [2.75, 3.05) is 26.8 Å². The Hall–Kier alpha value is -0.900. The Morgan fingerprint density at radius 3 is 2.38 bits per heavy atom. The van der Waals surface area contributed by atoms with Crippen molar-refractivity contribution in [2.45, 2.75) is 18.9 Å². The monoisotopic (exact) mass is 223 g/mol. The number of hydrogen-bond donors (Lipinski definition) is 2. The fraction of sp³-hybridized carbons (Fsp3) is 0.538. The summed E-state index contributed by atoms with van der Waals surface area (Å²) in [7, 11) is 2.03. The van der Waals surface area contributed by atoms with Gasteiger partial charge in [0.15, 0.2) is 0 Å². The van der Waals surface area contributed by atoms with Crippen LogP contribution in [-0.2, 0) is 0 Å². The average molecular weight is 223 g/mol. The van der Waals surface area contributed by atoms with Gasteiger partial charge in [0, 0.05) is 25.8 Å². The molecular formula is C13H21NO2. The molecule has 0 aliphatic rings. The van der Waals surface area contributed by atoms with Crippen LogP contribution in [0.1, 0.15) is 24.4 Å². The molecule has 1 rings (SSSR count). The van der Waals surface area contributed by atoms with Crippen LogP contribution in [0.3, 0.4) is 0 Å². The maximum atomic E-state index is 9.10. The molecule has 3 heteroatoms. The Kier molecular flexibility index (Phi) is 6.08. The normalized spacial score (nSPS) is 13.0. The van der Waals surface area contributed by atoms with Crippen LogP contribution in [0.4, 0.5) is 0 Å². The summed E-state index contributed by atoms with van der Waals surface area (Å²) in [6, 6.07) is 10.4. The number of nitrogens with zero attached hydrogens (tertiary/aromatic N) is 1. The van der Waals surface area contributed by atoms with Gasteiger partial charge in [-0.05, 0) is 25.5 Å². The summed E-state index contributed by atoms with van der Waals surface area (Å²) in [5.41, 5.74) is 1.22. The van der Waals surface area contributed by atoms with Crippen LogP contribution in [0.15, 0.2) is 30.3 Å². The van der Waals surface area contributed by atoms with Gasteiger partial charge in [0.05, 0.1) is 0 Å². The van der Waals surface area contributed by atoms with E-state index in [1.807, 2.05) is 25.2 Å². The van der Waals surface area contributed by atoms with Gasteiger partial charge < -0.3 is 10.2 Å². The van der Waals surface area contributed by atoms with Crippen molar-refractivity contribution in [3.8, 4) is 0 Å². The number of rotatable bonds is 7. The SMILES string of the molecule is CN(CCCO)[C@@H](CCO)c1ccccc1. The van der Waals surface area contributed by atoms with Gasteiger partial charge in [0.25, 0.3) is 0 Å². The van der Waals surface area contributed by atoms with Crippen molar-refractivity contribution in [2.24, 2.45) is 0 Å². The lowest BCUT2D eigenvalue weighted by molar-refractivity contribution is 0.171. The van der Waals surface area contributed by atoms with E-state index in [9.17, 15) is 0 Å². The molecule has 16 heavy (non-hydrogen) atoms. The van der Waals surface area contributed by atoms with E-state index in [4.69, 9.17) is 10.2 Å². The Morgan fingerprint density at radius 1 is 1.12 bits per heavy atom. The fourth-order valence-electron chi connectivity index (χ4n) is 1.91. The molecule has 0 spiro atoms. The van der Waals surface area contributed by atoms with Crippen LogP contribution < -0.4 is 0 Å². The third-order valence-corrected chi connectivity index (χ3v) is 2.79. The van der Waals surface area contributed by atoms with Gasteiger partial charge in [-0.3, -0.25) is 4.90 Å². The van der Waals surface area contributed by atoms with Crippen molar-refractivity contribution >= 4 is 0 Å². The lowest BCUT2D eigenvalue weighted by atomic mass is 10.0. The molecule has 1 aromatic rings. The first-order chi connectivity index (χ1) is 7.79. The Labute approximate surface area is 97.3 Å². The van der Waals surface area contributed by atoms with E-state index in [2.05, 4.69) is 17.0 Å². The molecule has 3 nitrogen and oxygen atoms in total. The molecule has 0 bridgehead atoms. The topological polar surface area (TPSA) is 43.7 Å². The number of aliphatic hydroxyl groups excluding tert-OH is 2. The van der Waals surface area contributed by atoms with Crippen molar-refractivity contribution in [3.63, 3.8) is 0 Å². The molecule has 0 saturated heterocycles. The largest absolute Gasteiger partial charge is 0.396 e. The van der Waals surface area contributed by atoms with E-state index >= 15 is 0 Å². The van der Waals surface area contributed by atoms with Crippen LogP contribution in [0.5, 0.6) is 0 Å². The molecule has 0 unspecified atom stereocenters. The summed E-state index contributed by atoms with van der Waals surface area (Å²) >= 11 is 0. The van der Waals surface area contributed by atoms with Crippen molar-refractivity contribution < 1.29 is 10.2 Å². The molecule has 1 atom stereocenters. The second-order valence-electron chi connectivity index (χ2n) is 4.00. The first-order valence-electron chi connectivity index (χ1n) is 5.76. The minimum Gasteiger partial charge on any atom is -0.396 e. The van der Waals surface area contributed by atoms with E-state index < -0.39 is 0 Å². The van der Waals surface area contributed by atoms with Crippen LogP contribution >= 0.6 is 0 Å². The Balaban J connectivity index is 2.66. The first kappa shape index (κ1) is 13.2. The van der Waals surface area contributed by atoms with E-state index in [1.165, 1.54) is 5.56 Å². The first-order valence-corrected chi connectivity index (χ1v) is 5.76. The zero-order valence-electron chi connectivity index (χ0n) is 9.84. The van der Waals surface area contributed by atoms with Gasteiger partial charge in [-0.25, -0.2) is 0 Å². The maximum absolute atomic E-state index is 9.10. The predicted octanol–water partition coefficient (Wildman–Crippen LogP) is 1.42. The highest BCUT2D eigenvalue weighted by Gasteiger charge is 2.15. The molecule has 0 saturated carbocycles. The second kappa shape index (κ2) is 7.39. The van der Waals surface area contributed by atoms with Gasteiger partial charge >= 0.3 is 0 Å². The van der Waals surface area contributed by atoms with Gasteiger partial charge in [-0.2, -0.15) is 0 Å². The lowest BCUT2D eigenvalue weighted by Gasteiger charge is -2.27. The van der Waals surface area contributed by atoms with E-state index in [-0.39, 0.29) is 19.3 Å². The average Bonchev–Trinajstić information content (AvgIpc) is 2.34. The van der Waals surface area contributed by atoms with Crippen LogP contribution in [0, 0.1) is 0 Å². The van der Waals surface area contributed by atoms with Gasteiger partial charge in [0.1, 0.15) is 0 Å². The summed E-state index contributed by atoms with van der Waals surface area (Å²) in [6.45, 7) is 1.24. The quantitative estimate of drug-likeness (QED) is 0.735. The second-order valence-corrected chi connectivity index (χ2v) is 4.00. The molecule has 0 aliphatic carbocycles. The molecule has 0 fully saturated rings. The molecule has 0 amide bonds. The van der Waals surface area contributed by atoms with E-state index in [1.54, 1.807) is 0 Å². The predicted molar refractivity (Wildman–Crippen MR) is 65.2 cm³/mol. The third-order valence-electron chi connectivity index (χ3n) is 2.79. The maximum Gasteiger partial charge on any atom is 0.0449 e.